The average molecular weight is 229 g/mol. The van der Waals surface area contributed by atoms with Gasteiger partial charge in [-0.15, -0.1) is 0 Å². The summed E-state index contributed by atoms with van der Waals surface area (Å²) in [6.45, 7) is 10.1. The molecular formula is C13H27NO2. The Bertz CT molecular complexity index is 197. The molecule has 0 saturated carbocycles. The summed E-state index contributed by atoms with van der Waals surface area (Å²) < 4.78 is 5.42. The van der Waals surface area contributed by atoms with Crippen molar-refractivity contribution in [2.24, 2.45) is 0 Å². The standard InChI is InChI=1S/C13H27NO2/c1-6-8-10-11(9-7-2)16-12(15)14-13(3,4)5/h11H,6-10H2,1-5H3,(H,14,15). The highest BCUT2D eigenvalue weighted by Crippen LogP contribution is 2.12. The molecule has 0 radical (unpaired) electrons. The Morgan fingerprint density at radius 3 is 2.25 bits per heavy atom. The van der Waals surface area contributed by atoms with E-state index in [4.69, 9.17) is 4.74 Å². The van der Waals surface area contributed by atoms with Crippen LogP contribution in [0.25, 0.3) is 0 Å². The molecule has 0 aromatic heterocycles. The lowest BCUT2D eigenvalue weighted by molar-refractivity contribution is 0.0800. The summed E-state index contributed by atoms with van der Waals surface area (Å²) in [6, 6.07) is 0. The summed E-state index contributed by atoms with van der Waals surface area (Å²) in [5, 5.41) is 2.82. The second-order valence-electron chi connectivity index (χ2n) is 5.33. The van der Waals surface area contributed by atoms with Crippen LogP contribution in [0.4, 0.5) is 4.79 Å². The topological polar surface area (TPSA) is 38.3 Å². The van der Waals surface area contributed by atoms with Gasteiger partial charge in [0.25, 0.3) is 0 Å². The molecule has 0 fully saturated rings. The molecule has 0 rings (SSSR count). The van der Waals surface area contributed by atoms with Gasteiger partial charge in [0.2, 0.25) is 0 Å². The molecule has 16 heavy (non-hydrogen) atoms. The molecular weight excluding hydrogens is 202 g/mol. The second-order valence-corrected chi connectivity index (χ2v) is 5.33. The highest BCUT2D eigenvalue weighted by molar-refractivity contribution is 5.68. The van der Waals surface area contributed by atoms with Crippen molar-refractivity contribution >= 4 is 6.09 Å². The van der Waals surface area contributed by atoms with Crippen molar-refractivity contribution in [3.63, 3.8) is 0 Å². The Balaban J connectivity index is 4.02. The molecule has 0 aliphatic heterocycles. The van der Waals surface area contributed by atoms with Gasteiger partial charge in [0.1, 0.15) is 6.10 Å². The smallest absolute Gasteiger partial charge is 0.407 e. The van der Waals surface area contributed by atoms with Crippen molar-refractivity contribution in [2.75, 3.05) is 0 Å². The maximum Gasteiger partial charge on any atom is 0.407 e. The highest BCUT2D eigenvalue weighted by atomic mass is 16.6. The zero-order chi connectivity index (χ0) is 12.6. The Hall–Kier alpha value is -0.730. The van der Waals surface area contributed by atoms with E-state index in [0.29, 0.717) is 0 Å². The fourth-order valence-corrected chi connectivity index (χ4v) is 1.50. The van der Waals surface area contributed by atoms with Gasteiger partial charge in [0.15, 0.2) is 0 Å². The molecule has 0 spiro atoms. The van der Waals surface area contributed by atoms with Gasteiger partial charge in [0, 0.05) is 5.54 Å². The number of ether oxygens (including phenoxy) is 1. The lowest BCUT2D eigenvalue weighted by atomic mass is 10.1. The quantitative estimate of drug-likeness (QED) is 0.751. The van der Waals surface area contributed by atoms with E-state index >= 15 is 0 Å². The van der Waals surface area contributed by atoms with Crippen LogP contribution in [0.5, 0.6) is 0 Å². The number of carbonyl (C=O) groups is 1. The summed E-state index contributed by atoms with van der Waals surface area (Å²) >= 11 is 0. The number of nitrogens with one attached hydrogen (secondary N) is 1. The van der Waals surface area contributed by atoms with E-state index in [9.17, 15) is 4.79 Å². The zero-order valence-electron chi connectivity index (χ0n) is 11.4. The number of unbranched alkanes of at least 4 members (excludes halogenated alkanes) is 1. The van der Waals surface area contributed by atoms with Gasteiger partial charge < -0.3 is 10.1 Å². The second kappa shape index (κ2) is 7.53. The van der Waals surface area contributed by atoms with Gasteiger partial charge in [-0.1, -0.05) is 33.1 Å². The van der Waals surface area contributed by atoms with Gasteiger partial charge in [-0.25, -0.2) is 4.79 Å². The van der Waals surface area contributed by atoms with Crippen molar-refractivity contribution in [3.8, 4) is 0 Å². The zero-order valence-corrected chi connectivity index (χ0v) is 11.4. The Morgan fingerprint density at radius 1 is 1.19 bits per heavy atom. The summed E-state index contributed by atoms with van der Waals surface area (Å²) in [6.07, 6.45) is 5.03. The number of hydrogen-bond acceptors (Lipinski definition) is 2. The molecule has 0 heterocycles. The molecule has 0 saturated heterocycles. The van der Waals surface area contributed by atoms with Gasteiger partial charge in [-0.2, -0.15) is 0 Å². The third-order valence-corrected chi connectivity index (χ3v) is 2.24. The SMILES string of the molecule is CCCCC(CCC)OC(=O)NC(C)(C)C. The minimum absolute atomic E-state index is 0.0762. The number of hydrogen-bond donors (Lipinski definition) is 1. The maximum absolute atomic E-state index is 11.6. The van der Waals surface area contributed by atoms with E-state index in [0.717, 1.165) is 32.1 Å². The molecule has 1 N–H and O–H groups in total. The molecule has 96 valence electrons. The monoisotopic (exact) mass is 229 g/mol. The van der Waals surface area contributed by atoms with Gasteiger partial charge in [0.05, 0.1) is 0 Å². The molecule has 1 unspecified atom stereocenters. The van der Waals surface area contributed by atoms with Crippen molar-refractivity contribution < 1.29 is 9.53 Å². The van der Waals surface area contributed by atoms with Gasteiger partial charge in [-0.05, 0) is 33.6 Å². The van der Waals surface area contributed by atoms with Crippen LogP contribution in [0.3, 0.4) is 0 Å². The van der Waals surface area contributed by atoms with Crippen LogP contribution in [-0.4, -0.2) is 17.7 Å². The fraction of sp³-hybridized carbons (Fsp3) is 0.923. The number of amides is 1. The minimum Gasteiger partial charge on any atom is -0.446 e. The molecule has 1 atom stereocenters. The molecule has 0 bridgehead atoms. The normalized spacial score (nSPS) is 13.3. The van der Waals surface area contributed by atoms with Crippen LogP contribution in [-0.2, 0) is 4.74 Å². The van der Waals surface area contributed by atoms with Crippen molar-refractivity contribution in [1.82, 2.24) is 5.32 Å². The van der Waals surface area contributed by atoms with Gasteiger partial charge in [-0.3, -0.25) is 0 Å². The third kappa shape index (κ3) is 8.57. The predicted molar refractivity (Wildman–Crippen MR) is 67.6 cm³/mol. The third-order valence-electron chi connectivity index (χ3n) is 2.24. The van der Waals surface area contributed by atoms with E-state index in [1.807, 2.05) is 20.8 Å². The highest BCUT2D eigenvalue weighted by Gasteiger charge is 2.18. The van der Waals surface area contributed by atoms with E-state index < -0.39 is 0 Å². The van der Waals surface area contributed by atoms with Crippen molar-refractivity contribution in [2.45, 2.75) is 78.4 Å². The summed E-state index contributed by atoms with van der Waals surface area (Å²) in [5.74, 6) is 0. The first kappa shape index (κ1) is 15.3. The van der Waals surface area contributed by atoms with Crippen LogP contribution >= 0.6 is 0 Å². The average Bonchev–Trinajstić information content (AvgIpc) is 2.11. The summed E-state index contributed by atoms with van der Waals surface area (Å²) in [7, 11) is 0. The van der Waals surface area contributed by atoms with Gasteiger partial charge >= 0.3 is 6.09 Å². The van der Waals surface area contributed by atoms with Crippen molar-refractivity contribution in [1.29, 1.82) is 0 Å². The molecule has 3 nitrogen and oxygen atoms in total. The number of alkyl carbamates (subject to hydrolysis) is 1. The largest absolute Gasteiger partial charge is 0.446 e. The van der Waals surface area contributed by atoms with Crippen molar-refractivity contribution in [3.05, 3.63) is 0 Å². The lowest BCUT2D eigenvalue weighted by Crippen LogP contribution is -2.42. The fourth-order valence-electron chi connectivity index (χ4n) is 1.50. The molecule has 1 amide bonds. The molecule has 0 aromatic rings. The number of rotatable bonds is 6. The first-order valence-corrected chi connectivity index (χ1v) is 6.37. The maximum atomic E-state index is 11.6. The van der Waals surface area contributed by atoms with E-state index in [2.05, 4.69) is 19.2 Å². The summed E-state index contributed by atoms with van der Waals surface area (Å²) in [4.78, 5) is 11.6. The van der Waals surface area contributed by atoms with E-state index in [-0.39, 0.29) is 17.7 Å². The lowest BCUT2D eigenvalue weighted by Gasteiger charge is -2.23. The molecule has 0 aliphatic carbocycles. The Kier molecular flexibility index (Phi) is 7.18. The van der Waals surface area contributed by atoms with Crippen LogP contribution in [0, 0.1) is 0 Å². The van der Waals surface area contributed by atoms with E-state index in [1.165, 1.54) is 0 Å². The van der Waals surface area contributed by atoms with Crippen LogP contribution in [0.1, 0.15) is 66.7 Å². The molecule has 3 heteroatoms. The first-order chi connectivity index (χ1) is 7.39. The molecule has 0 aromatic carbocycles. The minimum atomic E-state index is -0.290. The summed E-state index contributed by atoms with van der Waals surface area (Å²) in [5.41, 5.74) is -0.224. The molecule has 0 aliphatic rings. The van der Waals surface area contributed by atoms with Crippen LogP contribution < -0.4 is 5.32 Å². The Morgan fingerprint density at radius 2 is 1.81 bits per heavy atom. The van der Waals surface area contributed by atoms with Crippen LogP contribution in [0.15, 0.2) is 0 Å². The predicted octanol–water partition coefficient (Wildman–Crippen LogP) is 3.87. The Labute approximate surface area is 99.9 Å². The first-order valence-electron chi connectivity index (χ1n) is 6.37. The number of carbonyl (C=O) groups excluding carboxylic acids is 1. The van der Waals surface area contributed by atoms with E-state index in [1.54, 1.807) is 0 Å². The van der Waals surface area contributed by atoms with Crippen LogP contribution in [0.2, 0.25) is 0 Å².